The number of halogens is 2. The fraction of sp³-hybridized carbons (Fsp3) is 0.375. The molecule has 0 radical (unpaired) electrons. The van der Waals surface area contributed by atoms with Gasteiger partial charge < -0.3 is 4.74 Å². The van der Waals surface area contributed by atoms with E-state index >= 15 is 0 Å². The van der Waals surface area contributed by atoms with Crippen LogP contribution >= 0.6 is 27.5 Å². The molecule has 1 aliphatic rings. The Hall–Kier alpha value is -0.570. The van der Waals surface area contributed by atoms with Gasteiger partial charge in [0.1, 0.15) is 0 Å². The maximum atomic E-state index is 6.71. The Morgan fingerprint density at radius 1 is 1.21 bits per heavy atom. The number of alkyl halides is 1. The quantitative estimate of drug-likeness (QED) is 0.674. The summed E-state index contributed by atoms with van der Waals surface area (Å²) in [6.07, 6.45) is 1.37. The largest absolute Gasteiger partial charge is 0.378 e. The normalized spacial score (nSPS) is 24.8. The molecule has 1 heterocycles. The van der Waals surface area contributed by atoms with Crippen molar-refractivity contribution in [1.29, 1.82) is 0 Å². The van der Waals surface area contributed by atoms with Crippen LogP contribution in [0, 0.1) is 5.92 Å². The van der Waals surface area contributed by atoms with E-state index in [1.165, 1.54) is 16.3 Å². The van der Waals surface area contributed by atoms with Crippen molar-refractivity contribution in [2.45, 2.75) is 24.8 Å². The number of fused-ring (bicyclic) bond motifs is 1. The van der Waals surface area contributed by atoms with Crippen LogP contribution in [0.1, 0.15) is 24.3 Å². The van der Waals surface area contributed by atoms with E-state index in [1.807, 2.05) is 0 Å². The van der Waals surface area contributed by atoms with Gasteiger partial charge in [0.15, 0.2) is 0 Å². The standard InChI is InChI=1S/C16H16BrClO/c1-10-8-11(9-19-10)16(18)14-6-7-15(17)13-5-3-2-4-12(13)14/h2-7,10-11,16H,8-9H2,1H3. The van der Waals surface area contributed by atoms with E-state index in [4.69, 9.17) is 16.3 Å². The van der Waals surface area contributed by atoms with Crippen LogP contribution in [0.3, 0.4) is 0 Å². The van der Waals surface area contributed by atoms with Crippen molar-refractivity contribution < 1.29 is 4.74 Å². The zero-order valence-corrected chi connectivity index (χ0v) is 13.1. The van der Waals surface area contributed by atoms with Crippen molar-refractivity contribution in [3.8, 4) is 0 Å². The van der Waals surface area contributed by atoms with Gasteiger partial charge in [-0.15, -0.1) is 11.6 Å². The van der Waals surface area contributed by atoms with Gasteiger partial charge in [-0.2, -0.15) is 0 Å². The van der Waals surface area contributed by atoms with E-state index in [0.717, 1.165) is 17.5 Å². The predicted molar refractivity (Wildman–Crippen MR) is 83.8 cm³/mol. The zero-order chi connectivity index (χ0) is 13.4. The molecular formula is C16H16BrClO. The summed E-state index contributed by atoms with van der Waals surface area (Å²) in [5, 5.41) is 2.47. The molecule has 1 saturated heterocycles. The second-order valence-corrected chi connectivity index (χ2v) is 6.55. The third-order valence-corrected chi connectivity index (χ3v) is 5.13. The Bertz CT molecular complexity index is 598. The molecule has 19 heavy (non-hydrogen) atoms. The number of hydrogen-bond donors (Lipinski definition) is 0. The lowest BCUT2D eigenvalue weighted by molar-refractivity contribution is 0.120. The van der Waals surface area contributed by atoms with E-state index in [0.29, 0.717) is 12.0 Å². The molecule has 3 atom stereocenters. The highest BCUT2D eigenvalue weighted by Crippen LogP contribution is 2.40. The molecule has 0 saturated carbocycles. The lowest BCUT2D eigenvalue weighted by atomic mass is 9.93. The molecule has 2 aromatic rings. The SMILES string of the molecule is CC1CC(C(Cl)c2ccc(Br)c3ccccc23)CO1. The zero-order valence-electron chi connectivity index (χ0n) is 10.8. The van der Waals surface area contributed by atoms with Crippen molar-refractivity contribution in [2.24, 2.45) is 5.92 Å². The first-order chi connectivity index (χ1) is 9.16. The molecule has 1 nitrogen and oxygen atoms in total. The summed E-state index contributed by atoms with van der Waals surface area (Å²) < 4.78 is 6.77. The number of rotatable bonds is 2. The van der Waals surface area contributed by atoms with E-state index in [9.17, 15) is 0 Å². The van der Waals surface area contributed by atoms with Crippen LogP contribution in [0.4, 0.5) is 0 Å². The Morgan fingerprint density at radius 3 is 2.63 bits per heavy atom. The summed E-state index contributed by atoms with van der Waals surface area (Å²) in [4.78, 5) is 0. The van der Waals surface area contributed by atoms with E-state index < -0.39 is 0 Å². The molecule has 2 aromatic carbocycles. The molecular weight excluding hydrogens is 324 g/mol. The summed E-state index contributed by atoms with van der Waals surface area (Å²) in [7, 11) is 0. The van der Waals surface area contributed by atoms with Gasteiger partial charge in [0.25, 0.3) is 0 Å². The average molecular weight is 340 g/mol. The van der Waals surface area contributed by atoms with E-state index in [1.54, 1.807) is 0 Å². The fourth-order valence-corrected chi connectivity index (χ4v) is 3.68. The van der Waals surface area contributed by atoms with Gasteiger partial charge in [-0.3, -0.25) is 0 Å². The summed E-state index contributed by atoms with van der Waals surface area (Å²) in [5.41, 5.74) is 1.21. The third kappa shape index (κ3) is 2.54. The monoisotopic (exact) mass is 338 g/mol. The molecule has 0 N–H and O–H groups in total. The van der Waals surface area contributed by atoms with Gasteiger partial charge >= 0.3 is 0 Å². The van der Waals surface area contributed by atoms with Crippen LogP contribution in [0.5, 0.6) is 0 Å². The first-order valence-electron chi connectivity index (χ1n) is 6.59. The molecule has 0 bridgehead atoms. The highest BCUT2D eigenvalue weighted by atomic mass is 79.9. The topological polar surface area (TPSA) is 9.23 Å². The summed E-state index contributed by atoms with van der Waals surface area (Å²) in [6.45, 7) is 2.88. The predicted octanol–water partition coefficient (Wildman–Crippen LogP) is 5.31. The first-order valence-corrected chi connectivity index (χ1v) is 7.82. The summed E-state index contributed by atoms with van der Waals surface area (Å²) in [6, 6.07) is 12.6. The molecule has 0 spiro atoms. The van der Waals surface area contributed by atoms with Gasteiger partial charge in [-0.05, 0) is 35.7 Å². The highest BCUT2D eigenvalue weighted by molar-refractivity contribution is 9.10. The van der Waals surface area contributed by atoms with Crippen LogP contribution in [-0.2, 0) is 4.74 Å². The minimum absolute atomic E-state index is 0.0166. The van der Waals surface area contributed by atoms with Crippen molar-refractivity contribution in [1.82, 2.24) is 0 Å². The lowest BCUT2D eigenvalue weighted by Gasteiger charge is -2.18. The smallest absolute Gasteiger partial charge is 0.0642 e. The molecule has 0 amide bonds. The molecule has 3 unspecified atom stereocenters. The molecule has 1 aliphatic heterocycles. The Kier molecular flexibility index (Phi) is 3.84. The van der Waals surface area contributed by atoms with Crippen LogP contribution in [0.15, 0.2) is 40.9 Å². The second kappa shape index (κ2) is 5.43. The molecule has 100 valence electrons. The Labute approximate surface area is 127 Å². The Balaban J connectivity index is 2.03. The second-order valence-electron chi connectivity index (χ2n) is 5.22. The molecule has 1 fully saturated rings. The van der Waals surface area contributed by atoms with Crippen molar-refractivity contribution in [2.75, 3.05) is 6.61 Å². The van der Waals surface area contributed by atoms with Crippen molar-refractivity contribution in [3.05, 3.63) is 46.4 Å². The minimum atomic E-state index is 0.0166. The lowest BCUT2D eigenvalue weighted by Crippen LogP contribution is -2.08. The maximum absolute atomic E-state index is 6.71. The van der Waals surface area contributed by atoms with Gasteiger partial charge in [0.05, 0.1) is 18.1 Å². The number of hydrogen-bond acceptors (Lipinski definition) is 1. The summed E-state index contributed by atoms with van der Waals surface area (Å²) in [5.74, 6) is 0.404. The summed E-state index contributed by atoms with van der Waals surface area (Å²) >= 11 is 10.3. The minimum Gasteiger partial charge on any atom is -0.378 e. The van der Waals surface area contributed by atoms with Crippen LogP contribution in [0.2, 0.25) is 0 Å². The molecule has 0 aromatic heterocycles. The van der Waals surface area contributed by atoms with Crippen LogP contribution in [0.25, 0.3) is 10.8 Å². The molecule has 3 heteroatoms. The average Bonchev–Trinajstić information content (AvgIpc) is 2.86. The van der Waals surface area contributed by atoms with Gasteiger partial charge in [-0.25, -0.2) is 0 Å². The third-order valence-electron chi connectivity index (χ3n) is 3.85. The van der Waals surface area contributed by atoms with E-state index in [-0.39, 0.29) is 5.38 Å². The van der Waals surface area contributed by atoms with Gasteiger partial charge in [0.2, 0.25) is 0 Å². The van der Waals surface area contributed by atoms with Crippen molar-refractivity contribution in [3.63, 3.8) is 0 Å². The Morgan fingerprint density at radius 2 is 1.95 bits per heavy atom. The maximum Gasteiger partial charge on any atom is 0.0642 e. The molecule has 3 rings (SSSR count). The van der Waals surface area contributed by atoms with Gasteiger partial charge in [0, 0.05) is 10.4 Å². The van der Waals surface area contributed by atoms with Crippen LogP contribution in [-0.4, -0.2) is 12.7 Å². The highest BCUT2D eigenvalue weighted by Gasteiger charge is 2.30. The number of benzene rings is 2. The molecule has 0 aliphatic carbocycles. The first kappa shape index (κ1) is 13.4. The van der Waals surface area contributed by atoms with Gasteiger partial charge in [-0.1, -0.05) is 46.3 Å². The van der Waals surface area contributed by atoms with E-state index in [2.05, 4.69) is 59.3 Å². The fourth-order valence-electron chi connectivity index (χ4n) is 2.83. The number of ether oxygens (including phenoxy) is 1. The van der Waals surface area contributed by atoms with Crippen molar-refractivity contribution >= 4 is 38.3 Å². The van der Waals surface area contributed by atoms with Crippen LogP contribution < -0.4 is 0 Å².